The fraction of sp³-hybridized carbons (Fsp3) is 0.174. The van der Waals surface area contributed by atoms with Gasteiger partial charge in [0.05, 0.1) is 12.1 Å². The number of ether oxygens (including phenoxy) is 2. The smallest absolute Gasteiger partial charge is 0.255 e. The van der Waals surface area contributed by atoms with Crippen LogP contribution in [0.3, 0.4) is 0 Å². The van der Waals surface area contributed by atoms with E-state index in [2.05, 4.69) is 5.32 Å². The summed E-state index contributed by atoms with van der Waals surface area (Å²) < 4.78 is 24.6. The first-order valence-corrected chi connectivity index (χ1v) is 9.38. The topological polar surface area (TPSA) is 47.6 Å². The standard InChI is InChI=1S/C23H21ClFNO3/c1-14-4-7-19(10-15(14)2)29-13-17-11-16(5-9-22(17)28-3)23(27)26-18-6-8-21(25)20(24)12-18/h4-12H,13H2,1-3H3,(H,26,27). The lowest BCUT2D eigenvalue weighted by atomic mass is 10.1. The van der Waals surface area contributed by atoms with Gasteiger partial charge in [0, 0.05) is 16.8 Å². The van der Waals surface area contributed by atoms with Crippen LogP contribution in [0.15, 0.2) is 54.6 Å². The number of nitrogens with one attached hydrogen (secondary N) is 1. The zero-order chi connectivity index (χ0) is 21.0. The first-order chi connectivity index (χ1) is 13.9. The molecule has 0 aromatic heterocycles. The van der Waals surface area contributed by atoms with Crippen molar-refractivity contribution in [2.24, 2.45) is 0 Å². The third-order valence-electron chi connectivity index (χ3n) is 4.59. The molecular weight excluding hydrogens is 393 g/mol. The van der Waals surface area contributed by atoms with Gasteiger partial charge in [0.1, 0.15) is 23.9 Å². The zero-order valence-electron chi connectivity index (χ0n) is 16.4. The van der Waals surface area contributed by atoms with Gasteiger partial charge in [-0.2, -0.15) is 0 Å². The van der Waals surface area contributed by atoms with Crippen LogP contribution in [0.1, 0.15) is 27.0 Å². The summed E-state index contributed by atoms with van der Waals surface area (Å²) in [5, 5.41) is 2.65. The quantitative estimate of drug-likeness (QED) is 0.544. The van der Waals surface area contributed by atoms with Crippen molar-refractivity contribution in [1.29, 1.82) is 0 Å². The molecule has 0 aliphatic rings. The molecule has 3 aromatic rings. The normalized spacial score (nSPS) is 10.5. The molecule has 0 fully saturated rings. The van der Waals surface area contributed by atoms with E-state index in [9.17, 15) is 9.18 Å². The Kier molecular flexibility index (Phi) is 6.39. The summed E-state index contributed by atoms with van der Waals surface area (Å²) in [6.45, 7) is 4.31. The van der Waals surface area contributed by atoms with E-state index in [1.54, 1.807) is 25.3 Å². The number of carbonyl (C=O) groups is 1. The van der Waals surface area contributed by atoms with Crippen LogP contribution in [0, 0.1) is 19.7 Å². The van der Waals surface area contributed by atoms with Gasteiger partial charge in [0.2, 0.25) is 0 Å². The number of hydrogen-bond donors (Lipinski definition) is 1. The third kappa shape index (κ3) is 5.06. The van der Waals surface area contributed by atoms with Crippen LogP contribution in [-0.4, -0.2) is 13.0 Å². The molecule has 0 saturated carbocycles. The number of amides is 1. The SMILES string of the molecule is COc1ccc(C(=O)Nc2ccc(F)c(Cl)c2)cc1COc1ccc(C)c(C)c1. The molecule has 1 amide bonds. The van der Waals surface area contributed by atoms with Crippen LogP contribution >= 0.6 is 11.6 Å². The Hall–Kier alpha value is -3.05. The van der Waals surface area contributed by atoms with Gasteiger partial charge in [-0.05, 0) is 73.5 Å². The summed E-state index contributed by atoms with van der Waals surface area (Å²) in [5.41, 5.74) is 3.89. The molecule has 0 spiro atoms. The number of rotatable bonds is 6. The maximum absolute atomic E-state index is 13.3. The molecule has 0 saturated heterocycles. The largest absolute Gasteiger partial charge is 0.496 e. The van der Waals surface area contributed by atoms with Gasteiger partial charge >= 0.3 is 0 Å². The molecule has 0 radical (unpaired) electrons. The fourth-order valence-corrected chi connectivity index (χ4v) is 2.96. The number of hydrogen-bond acceptors (Lipinski definition) is 3. The van der Waals surface area contributed by atoms with E-state index in [1.807, 2.05) is 32.0 Å². The van der Waals surface area contributed by atoms with Crippen molar-refractivity contribution >= 4 is 23.2 Å². The van der Waals surface area contributed by atoms with Crippen molar-refractivity contribution in [2.75, 3.05) is 12.4 Å². The van der Waals surface area contributed by atoms with E-state index >= 15 is 0 Å². The van der Waals surface area contributed by atoms with E-state index in [4.69, 9.17) is 21.1 Å². The summed E-state index contributed by atoms with van der Waals surface area (Å²) in [5.74, 6) is 0.476. The second-order valence-corrected chi connectivity index (χ2v) is 7.05. The lowest BCUT2D eigenvalue weighted by Crippen LogP contribution is -2.13. The molecule has 3 aromatic carbocycles. The highest BCUT2D eigenvalue weighted by molar-refractivity contribution is 6.31. The van der Waals surface area contributed by atoms with Gasteiger partial charge in [-0.3, -0.25) is 4.79 Å². The summed E-state index contributed by atoms with van der Waals surface area (Å²) in [4.78, 5) is 12.6. The Morgan fingerprint density at radius 3 is 2.52 bits per heavy atom. The molecule has 4 nitrogen and oxygen atoms in total. The van der Waals surface area contributed by atoms with Crippen LogP contribution in [0.4, 0.5) is 10.1 Å². The number of benzene rings is 3. The molecule has 6 heteroatoms. The molecule has 0 aliphatic carbocycles. The molecule has 0 aliphatic heterocycles. The summed E-state index contributed by atoms with van der Waals surface area (Å²) >= 11 is 5.77. The van der Waals surface area contributed by atoms with Gasteiger partial charge in [-0.1, -0.05) is 17.7 Å². The minimum absolute atomic E-state index is 0.0555. The summed E-state index contributed by atoms with van der Waals surface area (Å²) in [6.07, 6.45) is 0. The van der Waals surface area contributed by atoms with Crippen LogP contribution in [-0.2, 0) is 6.61 Å². The Morgan fingerprint density at radius 1 is 1.03 bits per heavy atom. The van der Waals surface area contributed by atoms with Crippen LogP contribution in [0.2, 0.25) is 5.02 Å². The van der Waals surface area contributed by atoms with Gasteiger partial charge in [-0.15, -0.1) is 0 Å². The molecule has 0 heterocycles. The molecule has 0 atom stereocenters. The van der Waals surface area contributed by atoms with E-state index < -0.39 is 5.82 Å². The lowest BCUT2D eigenvalue weighted by molar-refractivity contribution is 0.102. The number of aryl methyl sites for hydroxylation is 2. The van der Waals surface area contributed by atoms with E-state index in [0.29, 0.717) is 17.0 Å². The van der Waals surface area contributed by atoms with E-state index in [1.165, 1.54) is 23.8 Å². The van der Waals surface area contributed by atoms with Gasteiger partial charge in [-0.25, -0.2) is 4.39 Å². The van der Waals surface area contributed by atoms with Crippen molar-refractivity contribution in [3.63, 3.8) is 0 Å². The Balaban J connectivity index is 1.77. The maximum Gasteiger partial charge on any atom is 0.255 e. The van der Waals surface area contributed by atoms with Crippen molar-refractivity contribution in [2.45, 2.75) is 20.5 Å². The number of anilines is 1. The Bertz CT molecular complexity index is 1050. The monoisotopic (exact) mass is 413 g/mol. The van der Waals surface area contributed by atoms with Crippen molar-refractivity contribution in [1.82, 2.24) is 0 Å². The highest BCUT2D eigenvalue weighted by Gasteiger charge is 2.12. The second-order valence-electron chi connectivity index (χ2n) is 6.64. The first-order valence-electron chi connectivity index (χ1n) is 9.00. The van der Waals surface area contributed by atoms with Crippen molar-refractivity contribution in [3.8, 4) is 11.5 Å². The summed E-state index contributed by atoms with van der Waals surface area (Å²) in [7, 11) is 1.56. The Morgan fingerprint density at radius 2 is 1.83 bits per heavy atom. The number of halogens is 2. The first kappa shape index (κ1) is 20.7. The van der Waals surface area contributed by atoms with Crippen LogP contribution < -0.4 is 14.8 Å². The van der Waals surface area contributed by atoms with Gasteiger partial charge < -0.3 is 14.8 Å². The van der Waals surface area contributed by atoms with Crippen molar-refractivity contribution in [3.05, 3.63) is 87.7 Å². The molecule has 0 bridgehead atoms. The predicted octanol–water partition coefficient (Wildman–Crippen LogP) is 5.94. The molecule has 29 heavy (non-hydrogen) atoms. The molecule has 150 valence electrons. The number of methoxy groups -OCH3 is 1. The van der Waals surface area contributed by atoms with Crippen LogP contribution in [0.25, 0.3) is 0 Å². The van der Waals surface area contributed by atoms with Gasteiger partial charge in [0.25, 0.3) is 5.91 Å². The minimum atomic E-state index is -0.542. The highest BCUT2D eigenvalue weighted by Crippen LogP contribution is 2.25. The Labute approximate surface area is 174 Å². The zero-order valence-corrected chi connectivity index (χ0v) is 17.1. The summed E-state index contributed by atoms with van der Waals surface area (Å²) in [6, 6.07) is 15.0. The van der Waals surface area contributed by atoms with Crippen LogP contribution in [0.5, 0.6) is 11.5 Å². The fourth-order valence-electron chi connectivity index (χ4n) is 2.77. The number of carbonyl (C=O) groups excluding carboxylic acids is 1. The van der Waals surface area contributed by atoms with E-state index in [-0.39, 0.29) is 17.5 Å². The minimum Gasteiger partial charge on any atom is -0.496 e. The van der Waals surface area contributed by atoms with E-state index in [0.717, 1.165) is 16.9 Å². The molecule has 1 N–H and O–H groups in total. The molecular formula is C23H21ClFNO3. The second kappa shape index (κ2) is 8.97. The van der Waals surface area contributed by atoms with Gasteiger partial charge in [0.15, 0.2) is 0 Å². The predicted molar refractivity (Wildman–Crippen MR) is 113 cm³/mol. The maximum atomic E-state index is 13.3. The third-order valence-corrected chi connectivity index (χ3v) is 4.88. The highest BCUT2D eigenvalue weighted by atomic mass is 35.5. The average Bonchev–Trinajstić information content (AvgIpc) is 2.71. The average molecular weight is 414 g/mol. The molecule has 3 rings (SSSR count). The lowest BCUT2D eigenvalue weighted by Gasteiger charge is -2.13. The molecule has 0 unspecified atom stereocenters. The van der Waals surface area contributed by atoms with Crippen molar-refractivity contribution < 1.29 is 18.7 Å².